The summed E-state index contributed by atoms with van der Waals surface area (Å²) in [4.78, 5) is 11.8. The van der Waals surface area contributed by atoms with E-state index in [1.807, 2.05) is 0 Å². The van der Waals surface area contributed by atoms with Crippen LogP contribution in [0, 0.1) is 11.7 Å². The Balaban J connectivity index is 1.90. The van der Waals surface area contributed by atoms with E-state index in [2.05, 4.69) is 10.6 Å². The van der Waals surface area contributed by atoms with Crippen LogP contribution >= 0.6 is 0 Å². The van der Waals surface area contributed by atoms with Crippen molar-refractivity contribution in [2.24, 2.45) is 5.92 Å². The second kappa shape index (κ2) is 5.82. The van der Waals surface area contributed by atoms with Gasteiger partial charge in [0.25, 0.3) is 5.91 Å². The lowest BCUT2D eigenvalue weighted by atomic mass is 9.99. The van der Waals surface area contributed by atoms with Crippen LogP contribution in [0.3, 0.4) is 0 Å². The molecule has 98 valence electrons. The quantitative estimate of drug-likeness (QED) is 0.759. The van der Waals surface area contributed by atoms with Crippen molar-refractivity contribution in [3.05, 3.63) is 29.6 Å². The van der Waals surface area contributed by atoms with Gasteiger partial charge in [0.05, 0.1) is 5.56 Å². The average molecular weight is 252 g/mol. The Morgan fingerprint density at radius 1 is 1.56 bits per heavy atom. The van der Waals surface area contributed by atoms with Crippen LogP contribution in [-0.2, 0) is 0 Å². The Hall–Kier alpha value is -1.62. The van der Waals surface area contributed by atoms with E-state index in [1.165, 1.54) is 6.07 Å². The number of phenols is 1. The lowest BCUT2D eigenvalue weighted by molar-refractivity contribution is 0.0942. The number of benzene rings is 1. The molecule has 0 bridgehead atoms. The maximum Gasteiger partial charge on any atom is 0.255 e. The van der Waals surface area contributed by atoms with Crippen LogP contribution in [0.25, 0.3) is 0 Å². The van der Waals surface area contributed by atoms with E-state index in [0.29, 0.717) is 12.5 Å². The Morgan fingerprint density at radius 3 is 3.06 bits per heavy atom. The fraction of sp³-hybridized carbons (Fsp3) is 0.462. The van der Waals surface area contributed by atoms with E-state index in [9.17, 15) is 14.3 Å². The summed E-state index contributed by atoms with van der Waals surface area (Å²) in [7, 11) is 0. The zero-order valence-electron chi connectivity index (χ0n) is 10.1. The van der Waals surface area contributed by atoms with E-state index < -0.39 is 5.82 Å². The Kier molecular flexibility index (Phi) is 4.15. The number of hydrogen-bond donors (Lipinski definition) is 3. The number of amides is 1. The summed E-state index contributed by atoms with van der Waals surface area (Å²) in [6.45, 7) is 2.50. The molecule has 1 saturated heterocycles. The Labute approximate surface area is 105 Å². The molecule has 2 rings (SSSR count). The van der Waals surface area contributed by atoms with Gasteiger partial charge in [-0.1, -0.05) is 0 Å². The number of carbonyl (C=O) groups excluding carboxylic acids is 1. The number of halogens is 1. The van der Waals surface area contributed by atoms with Gasteiger partial charge in [-0.3, -0.25) is 4.79 Å². The first-order valence-electron chi connectivity index (χ1n) is 6.14. The molecule has 0 saturated carbocycles. The van der Waals surface area contributed by atoms with Gasteiger partial charge >= 0.3 is 0 Å². The number of aromatic hydroxyl groups is 1. The molecule has 18 heavy (non-hydrogen) atoms. The van der Waals surface area contributed by atoms with Crippen LogP contribution in [0.15, 0.2) is 18.2 Å². The summed E-state index contributed by atoms with van der Waals surface area (Å²) in [5, 5.41) is 15.5. The van der Waals surface area contributed by atoms with Crippen molar-refractivity contribution in [2.45, 2.75) is 12.8 Å². The molecule has 1 aromatic rings. The van der Waals surface area contributed by atoms with E-state index in [-0.39, 0.29) is 17.2 Å². The van der Waals surface area contributed by atoms with Crippen molar-refractivity contribution < 1.29 is 14.3 Å². The Bertz CT molecular complexity index is 431. The smallest absolute Gasteiger partial charge is 0.255 e. The van der Waals surface area contributed by atoms with Crippen LogP contribution in [0.2, 0.25) is 0 Å². The highest BCUT2D eigenvalue weighted by atomic mass is 19.1. The third-order valence-electron chi connectivity index (χ3n) is 3.15. The highest BCUT2D eigenvalue weighted by Crippen LogP contribution is 2.18. The van der Waals surface area contributed by atoms with Crippen molar-refractivity contribution in [3.63, 3.8) is 0 Å². The molecule has 1 unspecified atom stereocenters. The molecule has 3 N–H and O–H groups in total. The molecule has 4 nitrogen and oxygen atoms in total. The van der Waals surface area contributed by atoms with E-state index in [4.69, 9.17) is 0 Å². The van der Waals surface area contributed by atoms with Gasteiger partial charge in [-0.05, 0) is 44.0 Å². The standard InChI is InChI=1S/C13H17FN2O2/c14-10-3-4-11(12(17)6-10)13(18)16-8-9-2-1-5-15-7-9/h3-4,6,9,15,17H,1-2,5,7-8H2,(H,16,18). The molecule has 0 radical (unpaired) electrons. The number of phenolic OH excluding ortho intramolecular Hbond substituents is 1. The molecule has 0 aliphatic carbocycles. The zero-order valence-corrected chi connectivity index (χ0v) is 10.1. The molecule has 1 heterocycles. The first-order valence-corrected chi connectivity index (χ1v) is 6.14. The number of hydrogen-bond acceptors (Lipinski definition) is 3. The number of piperidine rings is 1. The maximum absolute atomic E-state index is 12.8. The minimum absolute atomic E-state index is 0.111. The number of carbonyl (C=O) groups is 1. The van der Waals surface area contributed by atoms with Gasteiger partial charge in [-0.15, -0.1) is 0 Å². The molecule has 1 fully saturated rings. The largest absolute Gasteiger partial charge is 0.507 e. The predicted molar refractivity (Wildman–Crippen MR) is 66.0 cm³/mol. The average Bonchev–Trinajstić information content (AvgIpc) is 2.37. The molecule has 1 amide bonds. The number of rotatable bonds is 3. The fourth-order valence-electron chi connectivity index (χ4n) is 2.13. The van der Waals surface area contributed by atoms with E-state index >= 15 is 0 Å². The molecular weight excluding hydrogens is 235 g/mol. The van der Waals surface area contributed by atoms with Crippen molar-refractivity contribution >= 4 is 5.91 Å². The zero-order chi connectivity index (χ0) is 13.0. The summed E-state index contributed by atoms with van der Waals surface area (Å²) in [6, 6.07) is 3.40. The Morgan fingerprint density at radius 2 is 2.39 bits per heavy atom. The monoisotopic (exact) mass is 252 g/mol. The van der Waals surface area contributed by atoms with Gasteiger partial charge in [0.15, 0.2) is 0 Å². The first kappa shape index (κ1) is 12.8. The summed E-state index contributed by atoms with van der Waals surface area (Å²) < 4.78 is 12.8. The minimum atomic E-state index is -0.555. The second-order valence-electron chi connectivity index (χ2n) is 4.58. The SMILES string of the molecule is O=C(NCC1CCCNC1)c1ccc(F)cc1O. The van der Waals surface area contributed by atoms with Crippen LogP contribution in [-0.4, -0.2) is 30.6 Å². The van der Waals surface area contributed by atoms with Gasteiger partial charge in [0.1, 0.15) is 11.6 Å². The summed E-state index contributed by atoms with van der Waals surface area (Å²) in [5.74, 6) is -0.821. The fourth-order valence-corrected chi connectivity index (χ4v) is 2.13. The lowest BCUT2D eigenvalue weighted by Gasteiger charge is -2.22. The highest BCUT2D eigenvalue weighted by Gasteiger charge is 2.16. The number of nitrogens with one attached hydrogen (secondary N) is 2. The summed E-state index contributed by atoms with van der Waals surface area (Å²) >= 11 is 0. The lowest BCUT2D eigenvalue weighted by Crippen LogP contribution is -2.38. The van der Waals surface area contributed by atoms with Crippen molar-refractivity contribution in [3.8, 4) is 5.75 Å². The molecule has 1 aliphatic rings. The first-order chi connectivity index (χ1) is 8.66. The second-order valence-corrected chi connectivity index (χ2v) is 4.58. The van der Waals surface area contributed by atoms with E-state index in [1.54, 1.807) is 0 Å². The molecule has 5 heteroatoms. The summed E-state index contributed by atoms with van der Waals surface area (Å²) in [5.41, 5.74) is 0.111. The molecule has 1 aromatic carbocycles. The molecule has 1 atom stereocenters. The normalized spacial score (nSPS) is 19.5. The molecule has 0 spiro atoms. The topological polar surface area (TPSA) is 61.4 Å². The minimum Gasteiger partial charge on any atom is -0.507 e. The van der Waals surface area contributed by atoms with Gasteiger partial charge in [-0.2, -0.15) is 0 Å². The highest BCUT2D eigenvalue weighted by molar-refractivity contribution is 5.96. The van der Waals surface area contributed by atoms with E-state index in [0.717, 1.165) is 38.1 Å². The van der Waals surface area contributed by atoms with Gasteiger partial charge in [-0.25, -0.2) is 4.39 Å². The molecular formula is C13H17FN2O2. The third kappa shape index (κ3) is 3.20. The van der Waals surface area contributed by atoms with Gasteiger partial charge < -0.3 is 15.7 Å². The van der Waals surface area contributed by atoms with Crippen molar-refractivity contribution in [1.29, 1.82) is 0 Å². The predicted octanol–water partition coefficient (Wildman–Crippen LogP) is 1.26. The van der Waals surface area contributed by atoms with Gasteiger partial charge in [0, 0.05) is 12.6 Å². The summed E-state index contributed by atoms with van der Waals surface area (Å²) in [6.07, 6.45) is 2.20. The maximum atomic E-state index is 12.8. The molecule has 1 aliphatic heterocycles. The van der Waals surface area contributed by atoms with Crippen molar-refractivity contribution in [2.75, 3.05) is 19.6 Å². The molecule has 0 aromatic heterocycles. The van der Waals surface area contributed by atoms with Crippen LogP contribution in [0.4, 0.5) is 4.39 Å². The van der Waals surface area contributed by atoms with Crippen molar-refractivity contribution in [1.82, 2.24) is 10.6 Å². The van der Waals surface area contributed by atoms with Gasteiger partial charge in [0.2, 0.25) is 0 Å². The van der Waals surface area contributed by atoms with Crippen LogP contribution in [0.1, 0.15) is 23.2 Å². The van der Waals surface area contributed by atoms with Crippen LogP contribution < -0.4 is 10.6 Å². The third-order valence-corrected chi connectivity index (χ3v) is 3.15. The van der Waals surface area contributed by atoms with Crippen LogP contribution in [0.5, 0.6) is 5.75 Å².